The minimum absolute atomic E-state index is 0.0278. The van der Waals surface area contributed by atoms with Crippen LogP contribution in [-0.2, 0) is 22.7 Å². The SMILES string of the molecule is Cc1cc(C(F)(F)F)nn1CCCNS(=O)(=O)c1ccc([N+](=O)[O-])cc1. The lowest BCUT2D eigenvalue weighted by atomic mass is 10.3. The van der Waals surface area contributed by atoms with Crippen LogP contribution in [0.4, 0.5) is 18.9 Å². The van der Waals surface area contributed by atoms with E-state index in [2.05, 4.69) is 9.82 Å². The number of nitrogens with one attached hydrogen (secondary N) is 1. The third-order valence-electron chi connectivity index (χ3n) is 3.47. The van der Waals surface area contributed by atoms with Crippen molar-refractivity contribution in [2.24, 2.45) is 0 Å². The van der Waals surface area contributed by atoms with Gasteiger partial charge in [0.2, 0.25) is 10.0 Å². The van der Waals surface area contributed by atoms with E-state index in [-0.39, 0.29) is 30.1 Å². The Labute approximate surface area is 146 Å². The zero-order chi connectivity index (χ0) is 19.5. The summed E-state index contributed by atoms with van der Waals surface area (Å²) >= 11 is 0. The number of aryl methyl sites for hydroxylation is 2. The highest BCUT2D eigenvalue weighted by Crippen LogP contribution is 2.28. The first-order valence-electron chi connectivity index (χ1n) is 7.36. The van der Waals surface area contributed by atoms with Crippen molar-refractivity contribution in [3.8, 4) is 0 Å². The van der Waals surface area contributed by atoms with E-state index in [1.54, 1.807) is 0 Å². The normalized spacial score (nSPS) is 12.3. The Hall–Kier alpha value is -2.47. The van der Waals surface area contributed by atoms with Crippen LogP contribution in [0.15, 0.2) is 35.2 Å². The fraction of sp³-hybridized carbons (Fsp3) is 0.357. The molecule has 0 aliphatic heterocycles. The van der Waals surface area contributed by atoms with Gasteiger partial charge in [-0.3, -0.25) is 14.8 Å². The third kappa shape index (κ3) is 4.79. The molecule has 0 aliphatic rings. The molecule has 0 fully saturated rings. The van der Waals surface area contributed by atoms with E-state index < -0.39 is 26.8 Å². The summed E-state index contributed by atoms with van der Waals surface area (Å²) < 4.78 is 65.3. The first-order chi connectivity index (χ1) is 12.0. The number of aromatic nitrogens is 2. The van der Waals surface area contributed by atoms with E-state index >= 15 is 0 Å². The van der Waals surface area contributed by atoms with Crippen LogP contribution in [-0.4, -0.2) is 29.7 Å². The maximum Gasteiger partial charge on any atom is 0.435 e. The summed E-state index contributed by atoms with van der Waals surface area (Å²) in [6.45, 7) is 1.55. The minimum atomic E-state index is -4.53. The molecular weight excluding hydrogens is 377 g/mol. The van der Waals surface area contributed by atoms with E-state index in [9.17, 15) is 31.7 Å². The van der Waals surface area contributed by atoms with Gasteiger partial charge >= 0.3 is 6.18 Å². The van der Waals surface area contributed by atoms with Crippen LogP contribution in [0.1, 0.15) is 17.8 Å². The fourth-order valence-electron chi connectivity index (χ4n) is 2.14. The number of non-ortho nitro benzene ring substituents is 1. The van der Waals surface area contributed by atoms with Crippen LogP contribution in [0.3, 0.4) is 0 Å². The molecule has 2 rings (SSSR count). The molecule has 0 bridgehead atoms. The van der Waals surface area contributed by atoms with Crippen LogP contribution in [0.2, 0.25) is 0 Å². The quantitative estimate of drug-likeness (QED) is 0.443. The lowest BCUT2D eigenvalue weighted by Crippen LogP contribution is -2.25. The highest BCUT2D eigenvalue weighted by molar-refractivity contribution is 7.89. The van der Waals surface area contributed by atoms with Crippen LogP contribution >= 0.6 is 0 Å². The van der Waals surface area contributed by atoms with Gasteiger partial charge < -0.3 is 0 Å². The van der Waals surface area contributed by atoms with E-state index in [0.717, 1.165) is 35.0 Å². The first-order valence-corrected chi connectivity index (χ1v) is 8.85. The molecule has 142 valence electrons. The van der Waals surface area contributed by atoms with Gasteiger partial charge in [-0.05, 0) is 31.5 Å². The predicted octanol–water partition coefficient (Wildman–Crippen LogP) is 2.49. The van der Waals surface area contributed by atoms with Crippen LogP contribution in [0.25, 0.3) is 0 Å². The average Bonchev–Trinajstić information content (AvgIpc) is 2.93. The molecule has 8 nitrogen and oxygen atoms in total. The molecule has 26 heavy (non-hydrogen) atoms. The molecule has 0 saturated carbocycles. The molecule has 1 N–H and O–H groups in total. The van der Waals surface area contributed by atoms with Crippen molar-refractivity contribution in [2.75, 3.05) is 6.54 Å². The molecule has 0 unspecified atom stereocenters. The lowest BCUT2D eigenvalue weighted by Gasteiger charge is -2.08. The monoisotopic (exact) mass is 392 g/mol. The minimum Gasteiger partial charge on any atom is -0.269 e. The van der Waals surface area contributed by atoms with Crippen molar-refractivity contribution in [1.29, 1.82) is 0 Å². The third-order valence-corrected chi connectivity index (χ3v) is 4.95. The molecule has 1 aromatic carbocycles. The van der Waals surface area contributed by atoms with Gasteiger partial charge in [0.15, 0.2) is 5.69 Å². The second-order valence-electron chi connectivity index (χ2n) is 5.39. The molecule has 0 spiro atoms. The number of halogens is 3. The zero-order valence-corrected chi connectivity index (χ0v) is 14.3. The second kappa shape index (κ2) is 7.41. The molecular formula is C14H15F3N4O4S. The van der Waals surface area contributed by atoms with Gasteiger partial charge in [-0.2, -0.15) is 18.3 Å². The van der Waals surface area contributed by atoms with E-state index in [1.807, 2.05) is 0 Å². The molecule has 0 atom stereocenters. The summed E-state index contributed by atoms with van der Waals surface area (Å²) in [6, 6.07) is 5.27. The number of alkyl halides is 3. The summed E-state index contributed by atoms with van der Waals surface area (Å²) in [5, 5.41) is 14.0. The number of nitrogens with zero attached hydrogens (tertiary/aromatic N) is 3. The smallest absolute Gasteiger partial charge is 0.269 e. The first kappa shape index (κ1) is 19.8. The molecule has 0 amide bonds. The fourth-order valence-corrected chi connectivity index (χ4v) is 3.21. The van der Waals surface area contributed by atoms with Crippen molar-refractivity contribution in [3.63, 3.8) is 0 Å². The van der Waals surface area contributed by atoms with Crippen LogP contribution < -0.4 is 4.72 Å². The molecule has 2 aromatic rings. The van der Waals surface area contributed by atoms with Gasteiger partial charge in [-0.1, -0.05) is 0 Å². The van der Waals surface area contributed by atoms with Crippen LogP contribution in [0.5, 0.6) is 0 Å². The Morgan fingerprint density at radius 1 is 1.27 bits per heavy atom. The number of nitro groups is 1. The van der Waals surface area contributed by atoms with E-state index in [1.165, 1.54) is 6.92 Å². The summed E-state index contributed by atoms with van der Waals surface area (Å²) in [5.74, 6) is 0. The average molecular weight is 392 g/mol. The number of sulfonamides is 1. The molecule has 0 radical (unpaired) electrons. The number of rotatable bonds is 7. The molecule has 12 heteroatoms. The van der Waals surface area contributed by atoms with Crippen molar-refractivity contribution in [3.05, 3.63) is 51.8 Å². The molecule has 0 saturated heterocycles. The Morgan fingerprint density at radius 3 is 2.38 bits per heavy atom. The van der Waals surface area contributed by atoms with Crippen molar-refractivity contribution < 1.29 is 26.5 Å². The second-order valence-corrected chi connectivity index (χ2v) is 7.16. The van der Waals surface area contributed by atoms with Gasteiger partial charge in [0.05, 0.1) is 9.82 Å². The van der Waals surface area contributed by atoms with Gasteiger partial charge in [0, 0.05) is 30.9 Å². The van der Waals surface area contributed by atoms with Gasteiger partial charge in [-0.15, -0.1) is 0 Å². The maximum atomic E-state index is 12.6. The van der Waals surface area contributed by atoms with E-state index in [0.29, 0.717) is 5.69 Å². The number of benzene rings is 1. The Bertz CT molecular complexity index is 892. The Balaban J connectivity index is 1.93. The standard InChI is InChI=1S/C14H15F3N4O4S/c1-10-9-13(14(15,16)17)19-20(10)8-2-7-18-26(24,25)12-5-3-11(4-6-12)21(22)23/h3-6,9,18H,2,7-8H2,1H3. The van der Waals surface area contributed by atoms with Crippen molar-refractivity contribution in [2.45, 2.75) is 31.0 Å². The molecule has 0 aliphatic carbocycles. The summed E-state index contributed by atoms with van der Waals surface area (Å²) in [5.41, 5.74) is -0.921. The molecule has 1 aromatic heterocycles. The molecule has 1 heterocycles. The Kier molecular flexibility index (Phi) is 5.66. The largest absolute Gasteiger partial charge is 0.435 e. The van der Waals surface area contributed by atoms with Gasteiger partial charge in [0.1, 0.15) is 0 Å². The number of hydrogen-bond acceptors (Lipinski definition) is 5. The number of nitro benzene ring substituents is 1. The zero-order valence-electron chi connectivity index (χ0n) is 13.5. The maximum absolute atomic E-state index is 12.6. The topological polar surface area (TPSA) is 107 Å². The number of hydrogen-bond donors (Lipinski definition) is 1. The summed E-state index contributed by atoms with van der Waals surface area (Å²) in [6.07, 6.45) is -4.32. The summed E-state index contributed by atoms with van der Waals surface area (Å²) in [7, 11) is -3.87. The lowest BCUT2D eigenvalue weighted by molar-refractivity contribution is -0.384. The van der Waals surface area contributed by atoms with Crippen LogP contribution in [0, 0.1) is 17.0 Å². The van der Waals surface area contributed by atoms with Crippen molar-refractivity contribution >= 4 is 15.7 Å². The van der Waals surface area contributed by atoms with Gasteiger partial charge in [-0.25, -0.2) is 13.1 Å². The Morgan fingerprint density at radius 2 is 1.88 bits per heavy atom. The van der Waals surface area contributed by atoms with Gasteiger partial charge in [0.25, 0.3) is 5.69 Å². The highest BCUT2D eigenvalue weighted by atomic mass is 32.2. The predicted molar refractivity (Wildman–Crippen MR) is 84.9 cm³/mol. The van der Waals surface area contributed by atoms with E-state index in [4.69, 9.17) is 0 Å². The highest BCUT2D eigenvalue weighted by Gasteiger charge is 2.34. The van der Waals surface area contributed by atoms with Crippen molar-refractivity contribution in [1.82, 2.24) is 14.5 Å². The summed E-state index contributed by atoms with van der Waals surface area (Å²) in [4.78, 5) is 9.77.